The molecule has 0 radical (unpaired) electrons. The van der Waals surface area contributed by atoms with Crippen molar-refractivity contribution in [2.45, 2.75) is 31.2 Å². The number of carbonyl (C=O) groups excluding carboxylic acids is 1. The van der Waals surface area contributed by atoms with Gasteiger partial charge >= 0.3 is 0 Å². The Bertz CT molecular complexity index is 453. The summed E-state index contributed by atoms with van der Waals surface area (Å²) in [4.78, 5) is 15.3. The van der Waals surface area contributed by atoms with Crippen LogP contribution in [0, 0.1) is 5.92 Å². The van der Waals surface area contributed by atoms with Crippen molar-refractivity contribution in [1.29, 1.82) is 0 Å². The van der Waals surface area contributed by atoms with E-state index in [9.17, 15) is 4.79 Å². The van der Waals surface area contributed by atoms with Gasteiger partial charge in [-0.2, -0.15) is 0 Å². The van der Waals surface area contributed by atoms with Gasteiger partial charge in [-0.1, -0.05) is 13.8 Å². The summed E-state index contributed by atoms with van der Waals surface area (Å²) in [6.45, 7) is 5.17. The number of thiol groups is 1. The van der Waals surface area contributed by atoms with Crippen LogP contribution in [-0.2, 0) is 0 Å². The van der Waals surface area contributed by atoms with Crippen molar-refractivity contribution in [3.63, 3.8) is 0 Å². The van der Waals surface area contributed by atoms with Gasteiger partial charge < -0.3 is 10.2 Å². The topological polar surface area (TPSA) is 32.3 Å². The molecule has 0 bridgehead atoms. The Kier molecular flexibility index (Phi) is 7.06. The maximum absolute atomic E-state index is 12.4. The number of nitrogens with zero attached hydrogens (tertiary/aromatic N) is 1. The molecule has 1 rings (SSSR count). The molecule has 0 heterocycles. The molecule has 0 saturated carbocycles. The van der Waals surface area contributed by atoms with Gasteiger partial charge in [0.2, 0.25) is 0 Å². The van der Waals surface area contributed by atoms with Gasteiger partial charge in [-0.3, -0.25) is 4.79 Å². The number of hydrogen-bond acceptors (Lipinski definition) is 3. The van der Waals surface area contributed by atoms with Crippen molar-refractivity contribution < 1.29 is 4.79 Å². The van der Waals surface area contributed by atoms with E-state index < -0.39 is 0 Å². The highest BCUT2D eigenvalue weighted by atomic mass is 79.9. The van der Waals surface area contributed by atoms with Crippen LogP contribution in [0.4, 0.5) is 0 Å². The molecule has 0 aliphatic rings. The Morgan fingerprint density at radius 2 is 2.05 bits per heavy atom. The summed E-state index contributed by atoms with van der Waals surface area (Å²) >= 11 is 7.71. The molecule has 0 aliphatic heterocycles. The van der Waals surface area contributed by atoms with Crippen molar-refractivity contribution >= 4 is 34.5 Å². The second-order valence-corrected chi connectivity index (χ2v) is 7.10. The highest BCUT2D eigenvalue weighted by Gasteiger charge is 2.17. The molecule has 1 amide bonds. The first-order valence-electron chi connectivity index (χ1n) is 6.73. The van der Waals surface area contributed by atoms with Gasteiger partial charge in [-0.05, 0) is 60.6 Å². The lowest BCUT2D eigenvalue weighted by Crippen LogP contribution is -2.42. The number of hydrogen-bond donors (Lipinski definition) is 2. The molecular weight excluding hydrogens is 336 g/mol. The zero-order valence-electron chi connectivity index (χ0n) is 12.5. The maximum atomic E-state index is 12.4. The molecule has 0 saturated heterocycles. The zero-order chi connectivity index (χ0) is 15.3. The highest BCUT2D eigenvalue weighted by molar-refractivity contribution is 9.10. The van der Waals surface area contributed by atoms with Gasteiger partial charge in [-0.15, -0.1) is 12.6 Å². The Labute approximate surface area is 135 Å². The Hall–Kier alpha value is -0.520. The molecule has 3 nitrogen and oxygen atoms in total. The third-order valence-electron chi connectivity index (χ3n) is 2.87. The van der Waals surface area contributed by atoms with E-state index in [-0.39, 0.29) is 11.9 Å². The normalized spacial score (nSPS) is 12.8. The molecule has 0 aliphatic carbocycles. The fraction of sp³-hybridized carbons (Fsp3) is 0.533. The van der Waals surface area contributed by atoms with E-state index in [2.05, 4.69) is 52.6 Å². The molecule has 1 aromatic rings. The fourth-order valence-electron chi connectivity index (χ4n) is 2.14. The summed E-state index contributed by atoms with van der Waals surface area (Å²) in [5.74, 6) is 0.486. The average Bonchev–Trinajstić information content (AvgIpc) is 2.30. The molecule has 112 valence electrons. The lowest BCUT2D eigenvalue weighted by molar-refractivity contribution is 0.0923. The summed E-state index contributed by atoms with van der Waals surface area (Å²) in [6.07, 6.45) is 0.960. The average molecular weight is 359 g/mol. The number of carbonyl (C=O) groups is 1. The van der Waals surface area contributed by atoms with E-state index in [4.69, 9.17) is 0 Å². The van der Waals surface area contributed by atoms with Crippen LogP contribution in [0.5, 0.6) is 0 Å². The van der Waals surface area contributed by atoms with Crippen LogP contribution in [0.3, 0.4) is 0 Å². The Balaban J connectivity index is 2.81. The van der Waals surface area contributed by atoms with Gasteiger partial charge in [0.05, 0.1) is 5.56 Å². The largest absolute Gasteiger partial charge is 0.348 e. The molecule has 1 atom stereocenters. The first-order chi connectivity index (χ1) is 9.29. The number of amides is 1. The van der Waals surface area contributed by atoms with Crippen LogP contribution in [0.25, 0.3) is 0 Å². The van der Waals surface area contributed by atoms with Gasteiger partial charge in [0.1, 0.15) is 0 Å². The maximum Gasteiger partial charge on any atom is 0.252 e. The van der Waals surface area contributed by atoms with Gasteiger partial charge in [0, 0.05) is 22.0 Å². The standard InChI is InChI=1S/C15H23BrN2OS/c1-10(2)7-11(9-18(3)4)17-15(19)13-8-12(20)5-6-14(13)16/h5-6,8,10-11,20H,7,9H2,1-4H3,(H,17,19). The van der Waals surface area contributed by atoms with Crippen molar-refractivity contribution in [2.24, 2.45) is 5.92 Å². The van der Waals surface area contributed by atoms with E-state index in [1.165, 1.54) is 0 Å². The first kappa shape index (κ1) is 17.5. The number of rotatable bonds is 6. The molecule has 1 N–H and O–H groups in total. The summed E-state index contributed by atoms with van der Waals surface area (Å²) < 4.78 is 0.793. The predicted octanol–water partition coefficient (Wildman–Crippen LogP) is 3.44. The van der Waals surface area contributed by atoms with E-state index in [0.717, 1.165) is 22.3 Å². The van der Waals surface area contributed by atoms with E-state index in [0.29, 0.717) is 11.5 Å². The number of likely N-dealkylation sites (N-methyl/N-ethyl adjacent to an activating group) is 1. The quantitative estimate of drug-likeness (QED) is 0.763. The van der Waals surface area contributed by atoms with E-state index in [1.54, 1.807) is 6.07 Å². The third kappa shape index (κ3) is 5.85. The highest BCUT2D eigenvalue weighted by Crippen LogP contribution is 2.20. The lowest BCUT2D eigenvalue weighted by Gasteiger charge is -2.24. The number of halogens is 1. The molecule has 1 unspecified atom stereocenters. The molecule has 0 aromatic heterocycles. The van der Waals surface area contributed by atoms with Crippen LogP contribution in [-0.4, -0.2) is 37.5 Å². The second kappa shape index (κ2) is 8.05. The van der Waals surface area contributed by atoms with Crippen molar-refractivity contribution in [2.75, 3.05) is 20.6 Å². The summed E-state index contributed by atoms with van der Waals surface area (Å²) in [6, 6.07) is 5.63. The number of benzene rings is 1. The van der Waals surface area contributed by atoms with Crippen LogP contribution in [0.2, 0.25) is 0 Å². The molecule has 20 heavy (non-hydrogen) atoms. The number of nitrogens with one attached hydrogen (secondary N) is 1. The first-order valence-corrected chi connectivity index (χ1v) is 7.97. The minimum Gasteiger partial charge on any atom is -0.348 e. The van der Waals surface area contributed by atoms with Crippen molar-refractivity contribution in [3.05, 3.63) is 28.2 Å². The van der Waals surface area contributed by atoms with E-state index in [1.807, 2.05) is 26.2 Å². The van der Waals surface area contributed by atoms with Crippen molar-refractivity contribution in [3.8, 4) is 0 Å². The molecule has 1 aromatic carbocycles. The molecule has 0 fully saturated rings. The zero-order valence-corrected chi connectivity index (χ0v) is 15.0. The van der Waals surface area contributed by atoms with Crippen LogP contribution in [0.1, 0.15) is 30.6 Å². The Morgan fingerprint density at radius 1 is 1.40 bits per heavy atom. The third-order valence-corrected chi connectivity index (χ3v) is 3.84. The SMILES string of the molecule is CC(C)CC(CN(C)C)NC(=O)c1cc(S)ccc1Br. The van der Waals surface area contributed by atoms with Crippen LogP contribution in [0.15, 0.2) is 27.6 Å². The second-order valence-electron chi connectivity index (χ2n) is 5.73. The predicted molar refractivity (Wildman–Crippen MR) is 90.7 cm³/mol. The minimum absolute atomic E-state index is 0.0553. The summed E-state index contributed by atoms with van der Waals surface area (Å²) in [7, 11) is 4.04. The smallest absolute Gasteiger partial charge is 0.252 e. The summed E-state index contributed by atoms with van der Waals surface area (Å²) in [5.41, 5.74) is 0.630. The lowest BCUT2D eigenvalue weighted by atomic mass is 10.0. The van der Waals surface area contributed by atoms with Crippen LogP contribution < -0.4 is 5.32 Å². The molecule has 0 spiro atoms. The van der Waals surface area contributed by atoms with Gasteiger partial charge in [-0.25, -0.2) is 0 Å². The fourth-order valence-corrected chi connectivity index (χ4v) is 2.77. The summed E-state index contributed by atoms with van der Waals surface area (Å²) in [5, 5.41) is 3.12. The Morgan fingerprint density at radius 3 is 2.60 bits per heavy atom. The van der Waals surface area contributed by atoms with Crippen molar-refractivity contribution in [1.82, 2.24) is 10.2 Å². The minimum atomic E-state index is -0.0553. The van der Waals surface area contributed by atoms with Gasteiger partial charge in [0.25, 0.3) is 5.91 Å². The van der Waals surface area contributed by atoms with Crippen LogP contribution >= 0.6 is 28.6 Å². The monoisotopic (exact) mass is 358 g/mol. The molecule has 5 heteroatoms. The molecular formula is C15H23BrN2OS. The van der Waals surface area contributed by atoms with E-state index >= 15 is 0 Å². The van der Waals surface area contributed by atoms with Gasteiger partial charge in [0.15, 0.2) is 0 Å².